The van der Waals surface area contributed by atoms with Crippen molar-refractivity contribution in [1.82, 2.24) is 9.47 Å². The van der Waals surface area contributed by atoms with Crippen LogP contribution in [0.3, 0.4) is 0 Å². The summed E-state index contributed by atoms with van der Waals surface area (Å²) in [6.45, 7) is 0.430. The summed E-state index contributed by atoms with van der Waals surface area (Å²) in [4.78, 5) is 26.5. The normalized spacial score (nSPS) is 19.4. The van der Waals surface area contributed by atoms with Crippen LogP contribution in [0.5, 0.6) is 11.5 Å². The van der Waals surface area contributed by atoms with Gasteiger partial charge in [0.25, 0.3) is 5.91 Å². The molecule has 8 heteroatoms. The predicted octanol–water partition coefficient (Wildman–Crippen LogP) is 0.977. The number of hydrogen-bond donors (Lipinski definition) is 1. The first-order valence-electron chi connectivity index (χ1n) is 8.92. The Morgan fingerprint density at radius 2 is 1.96 bits per heavy atom. The van der Waals surface area contributed by atoms with Gasteiger partial charge in [0.05, 0.1) is 39.0 Å². The van der Waals surface area contributed by atoms with Crippen LogP contribution < -0.4 is 15.0 Å². The smallest absolute Gasteiger partial charge is 0.256 e. The molecule has 1 fully saturated rings. The highest BCUT2D eigenvalue weighted by Gasteiger charge is 2.37. The lowest BCUT2D eigenvalue weighted by Gasteiger charge is -2.41. The molecule has 3 rings (SSSR count). The lowest BCUT2D eigenvalue weighted by molar-refractivity contribution is -0.0812. The molecule has 0 saturated carbocycles. The number of aromatic nitrogens is 1. The lowest BCUT2D eigenvalue weighted by atomic mass is 9.97. The molecule has 1 aromatic heterocycles. The molecule has 1 amide bonds. The van der Waals surface area contributed by atoms with Crippen molar-refractivity contribution in [2.45, 2.75) is 12.1 Å². The van der Waals surface area contributed by atoms with Gasteiger partial charge >= 0.3 is 0 Å². The van der Waals surface area contributed by atoms with Gasteiger partial charge in [0.1, 0.15) is 6.10 Å². The highest BCUT2D eigenvalue weighted by Crippen LogP contribution is 2.36. The lowest BCUT2D eigenvalue weighted by Crippen LogP contribution is -2.49. The maximum atomic E-state index is 13.2. The standard InChI is InChI=1S/C20H24N2O6/c1-21-11-14(5-7-18(21)24)20(25)22-8-9-28-17(12-23)19(22)13-4-6-15(26-2)16(10-13)27-3/h4-7,10-11,17,19,23H,8-9,12H2,1-3H3/t17-,19-/m1/s1. The van der Waals surface area contributed by atoms with Gasteiger partial charge < -0.3 is 28.8 Å². The number of ether oxygens (including phenoxy) is 3. The van der Waals surface area contributed by atoms with Crippen molar-refractivity contribution < 1.29 is 24.1 Å². The van der Waals surface area contributed by atoms with E-state index in [0.717, 1.165) is 5.56 Å². The van der Waals surface area contributed by atoms with Crippen LogP contribution in [0, 0.1) is 0 Å². The van der Waals surface area contributed by atoms with Gasteiger partial charge in [-0.3, -0.25) is 9.59 Å². The molecule has 0 bridgehead atoms. The number of carbonyl (C=O) groups is 1. The van der Waals surface area contributed by atoms with Crippen molar-refractivity contribution in [1.29, 1.82) is 0 Å². The van der Waals surface area contributed by atoms with Crippen molar-refractivity contribution in [3.63, 3.8) is 0 Å². The third-order valence-corrected chi connectivity index (χ3v) is 4.87. The third kappa shape index (κ3) is 3.74. The van der Waals surface area contributed by atoms with Crippen molar-refractivity contribution in [2.75, 3.05) is 34.0 Å². The van der Waals surface area contributed by atoms with Crippen molar-refractivity contribution >= 4 is 5.91 Å². The Hall–Kier alpha value is -2.84. The van der Waals surface area contributed by atoms with E-state index >= 15 is 0 Å². The molecule has 0 unspecified atom stereocenters. The number of benzene rings is 1. The molecule has 28 heavy (non-hydrogen) atoms. The molecule has 2 atom stereocenters. The molecule has 1 saturated heterocycles. The van der Waals surface area contributed by atoms with Gasteiger partial charge in [0.2, 0.25) is 5.56 Å². The van der Waals surface area contributed by atoms with E-state index in [-0.39, 0.29) is 18.1 Å². The van der Waals surface area contributed by atoms with Crippen molar-refractivity contribution in [3.8, 4) is 11.5 Å². The van der Waals surface area contributed by atoms with E-state index in [1.807, 2.05) is 6.07 Å². The molecule has 8 nitrogen and oxygen atoms in total. The minimum absolute atomic E-state index is 0.191. The number of pyridine rings is 1. The molecule has 2 aromatic rings. The van der Waals surface area contributed by atoms with Crippen LogP contribution in [0.15, 0.2) is 41.3 Å². The zero-order valence-electron chi connectivity index (χ0n) is 16.1. The van der Waals surface area contributed by atoms with Gasteiger partial charge in [-0.05, 0) is 23.8 Å². The van der Waals surface area contributed by atoms with Gasteiger partial charge in [0.15, 0.2) is 11.5 Å². The van der Waals surface area contributed by atoms with Gasteiger partial charge in [-0.1, -0.05) is 6.07 Å². The monoisotopic (exact) mass is 388 g/mol. The Kier molecular flexibility index (Phi) is 6.01. The number of rotatable bonds is 5. The average Bonchev–Trinajstić information content (AvgIpc) is 2.73. The Labute approximate surface area is 162 Å². The topological polar surface area (TPSA) is 90.2 Å². The first-order chi connectivity index (χ1) is 13.5. The van der Waals surface area contributed by atoms with E-state index in [1.165, 1.54) is 30.0 Å². The quantitative estimate of drug-likeness (QED) is 0.821. The molecule has 0 aliphatic carbocycles. The summed E-state index contributed by atoms with van der Waals surface area (Å²) in [5.41, 5.74) is 0.962. The van der Waals surface area contributed by atoms with E-state index in [4.69, 9.17) is 14.2 Å². The highest BCUT2D eigenvalue weighted by molar-refractivity contribution is 5.94. The van der Waals surface area contributed by atoms with E-state index in [9.17, 15) is 14.7 Å². The molecule has 0 radical (unpaired) electrons. The Balaban J connectivity index is 2.02. The number of methoxy groups -OCH3 is 2. The van der Waals surface area contributed by atoms with Crippen LogP contribution in [0.1, 0.15) is 22.0 Å². The van der Waals surface area contributed by atoms with Crippen LogP contribution in [-0.2, 0) is 11.8 Å². The molecular weight excluding hydrogens is 364 g/mol. The van der Waals surface area contributed by atoms with Crippen LogP contribution in [0.4, 0.5) is 0 Å². The van der Waals surface area contributed by atoms with Crippen LogP contribution in [0.25, 0.3) is 0 Å². The Morgan fingerprint density at radius 1 is 1.21 bits per heavy atom. The number of aryl methyl sites for hydroxylation is 1. The van der Waals surface area contributed by atoms with Crippen molar-refractivity contribution in [3.05, 3.63) is 58.0 Å². The molecular formula is C20H24N2O6. The largest absolute Gasteiger partial charge is 0.493 e. The zero-order valence-corrected chi connectivity index (χ0v) is 16.1. The number of aliphatic hydroxyl groups excluding tert-OH is 1. The first kappa shape index (κ1) is 19.9. The average molecular weight is 388 g/mol. The molecule has 2 heterocycles. The summed E-state index contributed by atoms with van der Waals surface area (Å²) in [6, 6.07) is 7.73. The minimum Gasteiger partial charge on any atom is -0.493 e. The fourth-order valence-electron chi connectivity index (χ4n) is 3.43. The van der Waals surface area contributed by atoms with Gasteiger partial charge in [-0.2, -0.15) is 0 Å². The second-order valence-electron chi connectivity index (χ2n) is 6.52. The molecule has 1 aliphatic heterocycles. The van der Waals surface area contributed by atoms with Gasteiger partial charge in [-0.25, -0.2) is 0 Å². The van der Waals surface area contributed by atoms with Crippen LogP contribution >= 0.6 is 0 Å². The number of carbonyl (C=O) groups excluding carboxylic acids is 1. The summed E-state index contributed by atoms with van der Waals surface area (Å²) in [7, 11) is 4.68. The van der Waals surface area contributed by atoms with Crippen molar-refractivity contribution in [2.24, 2.45) is 7.05 Å². The maximum Gasteiger partial charge on any atom is 0.256 e. The summed E-state index contributed by atoms with van der Waals surface area (Å²) in [6.07, 6.45) is 0.933. The Morgan fingerprint density at radius 3 is 2.61 bits per heavy atom. The van der Waals surface area contributed by atoms with E-state index in [1.54, 1.807) is 31.2 Å². The van der Waals surface area contributed by atoms with E-state index in [0.29, 0.717) is 30.2 Å². The highest BCUT2D eigenvalue weighted by atomic mass is 16.5. The molecule has 150 valence electrons. The SMILES string of the molecule is COc1ccc([C@@H]2[C@@H](CO)OCCN2C(=O)c2ccc(=O)n(C)c2)cc1OC. The van der Waals surface area contributed by atoms with Crippen LogP contribution in [-0.4, -0.2) is 60.6 Å². The summed E-state index contributed by atoms with van der Waals surface area (Å²) >= 11 is 0. The van der Waals surface area contributed by atoms with Gasteiger partial charge in [0, 0.05) is 25.9 Å². The summed E-state index contributed by atoms with van der Waals surface area (Å²) in [5, 5.41) is 9.84. The molecule has 1 aromatic carbocycles. The fourth-order valence-corrected chi connectivity index (χ4v) is 3.43. The predicted molar refractivity (Wildman–Crippen MR) is 102 cm³/mol. The molecule has 1 aliphatic rings. The number of aliphatic hydroxyl groups is 1. The Bertz CT molecular complexity index is 910. The zero-order chi connectivity index (χ0) is 20.3. The summed E-state index contributed by atoms with van der Waals surface area (Å²) < 4.78 is 17.7. The van der Waals surface area contributed by atoms with Gasteiger partial charge in [-0.15, -0.1) is 0 Å². The second-order valence-corrected chi connectivity index (χ2v) is 6.52. The molecule has 1 N–H and O–H groups in total. The number of morpholine rings is 1. The first-order valence-corrected chi connectivity index (χ1v) is 8.92. The fraction of sp³-hybridized carbons (Fsp3) is 0.400. The van der Waals surface area contributed by atoms with E-state index < -0.39 is 12.1 Å². The third-order valence-electron chi connectivity index (χ3n) is 4.87. The minimum atomic E-state index is -0.580. The van der Waals surface area contributed by atoms with Crippen LogP contribution in [0.2, 0.25) is 0 Å². The number of hydrogen-bond acceptors (Lipinski definition) is 6. The summed E-state index contributed by atoms with van der Waals surface area (Å²) in [5.74, 6) is 0.855. The molecule has 0 spiro atoms. The van der Waals surface area contributed by atoms with E-state index in [2.05, 4.69) is 0 Å². The number of nitrogens with zero attached hydrogens (tertiary/aromatic N) is 2. The maximum absolute atomic E-state index is 13.2. The second kappa shape index (κ2) is 8.45. The number of amides is 1.